The first-order chi connectivity index (χ1) is 15.2. The minimum atomic E-state index is -0.606. The highest BCUT2D eigenvalue weighted by molar-refractivity contribution is 5.04. The van der Waals surface area contributed by atoms with E-state index in [1.807, 2.05) is 30.4 Å². The molecule has 3 atom stereocenters. The van der Waals surface area contributed by atoms with Crippen LogP contribution in [-0.2, 0) is 14.2 Å². The van der Waals surface area contributed by atoms with E-state index < -0.39 is 18.3 Å². The van der Waals surface area contributed by atoms with Gasteiger partial charge in [-0.15, -0.1) is 0 Å². The smallest absolute Gasteiger partial charge is 0.117 e. The van der Waals surface area contributed by atoms with Crippen LogP contribution in [0.4, 0.5) is 0 Å². The van der Waals surface area contributed by atoms with Gasteiger partial charge in [0.2, 0.25) is 0 Å². The first kappa shape index (κ1) is 27.8. The van der Waals surface area contributed by atoms with Crippen LogP contribution < -0.4 is 0 Å². The molecule has 31 heavy (non-hydrogen) atoms. The highest BCUT2D eigenvalue weighted by Gasteiger charge is 2.29. The second-order valence-electron chi connectivity index (χ2n) is 6.33. The van der Waals surface area contributed by atoms with Gasteiger partial charge in [-0.3, -0.25) is 0 Å². The summed E-state index contributed by atoms with van der Waals surface area (Å²) in [6, 6.07) is 10.3. The Morgan fingerprint density at radius 3 is 1.48 bits per heavy atom. The molecule has 0 aliphatic rings. The fourth-order valence-electron chi connectivity index (χ4n) is 2.50. The molecule has 0 aromatic rings. The second kappa shape index (κ2) is 21.5. The molecule has 0 heterocycles. The van der Waals surface area contributed by atoms with Crippen LogP contribution in [0.25, 0.3) is 0 Å². The van der Waals surface area contributed by atoms with Crippen molar-refractivity contribution in [1.82, 2.24) is 0 Å². The van der Waals surface area contributed by atoms with E-state index in [4.69, 9.17) is 40.5 Å². The lowest BCUT2D eigenvalue weighted by Crippen LogP contribution is -2.41. The first-order valence-corrected chi connectivity index (χ1v) is 10.3. The second-order valence-corrected chi connectivity index (χ2v) is 6.33. The van der Waals surface area contributed by atoms with Crippen molar-refractivity contribution in [2.45, 2.75) is 69.7 Å². The number of nitriles is 5. The zero-order valence-corrected chi connectivity index (χ0v) is 17.8. The summed E-state index contributed by atoms with van der Waals surface area (Å²) in [6.07, 6.45) is 8.71. The number of hydrogen-bond acceptors (Lipinski definition) is 8. The lowest BCUT2D eigenvalue weighted by Gasteiger charge is -2.30. The summed E-state index contributed by atoms with van der Waals surface area (Å²) < 4.78 is 17.8. The maximum atomic E-state index is 8.88. The monoisotopic (exact) mass is 423 g/mol. The predicted octanol–water partition coefficient (Wildman–Crippen LogP) is 3.99. The molecule has 0 bridgehead atoms. The lowest BCUT2D eigenvalue weighted by atomic mass is 10.0. The molecular weight excluding hydrogens is 394 g/mol. The molecule has 0 radical (unpaired) electrons. The van der Waals surface area contributed by atoms with Gasteiger partial charge in [-0.1, -0.05) is 24.3 Å². The van der Waals surface area contributed by atoms with Gasteiger partial charge in [-0.25, -0.2) is 0 Å². The Morgan fingerprint density at radius 1 is 0.548 bits per heavy atom. The number of hydrogen-bond donors (Lipinski definition) is 0. The SMILES string of the molecule is N#CCC/C=C/C(OCCC#N)C(OCCC#N)C(/C=C/CCC#N)OCCCC#N. The van der Waals surface area contributed by atoms with Crippen molar-refractivity contribution in [1.29, 1.82) is 26.3 Å². The van der Waals surface area contributed by atoms with Crippen molar-refractivity contribution < 1.29 is 14.2 Å². The van der Waals surface area contributed by atoms with Gasteiger partial charge in [0.25, 0.3) is 0 Å². The Morgan fingerprint density at radius 2 is 1.00 bits per heavy atom. The summed E-state index contributed by atoms with van der Waals surface area (Å²) in [5.41, 5.74) is 0. The summed E-state index contributed by atoms with van der Waals surface area (Å²) >= 11 is 0. The van der Waals surface area contributed by atoms with E-state index >= 15 is 0 Å². The van der Waals surface area contributed by atoms with Gasteiger partial charge in [-0.05, 0) is 19.3 Å². The number of ether oxygens (including phenoxy) is 3. The third-order valence-corrected chi connectivity index (χ3v) is 3.94. The molecule has 0 saturated heterocycles. The molecule has 0 N–H and O–H groups in total. The van der Waals surface area contributed by atoms with Crippen molar-refractivity contribution in [3.05, 3.63) is 24.3 Å². The van der Waals surface area contributed by atoms with Gasteiger partial charge in [0.05, 0.1) is 56.4 Å². The largest absolute Gasteiger partial charge is 0.371 e. The zero-order valence-electron chi connectivity index (χ0n) is 17.8. The fourth-order valence-corrected chi connectivity index (χ4v) is 2.50. The van der Waals surface area contributed by atoms with Gasteiger partial charge >= 0.3 is 0 Å². The van der Waals surface area contributed by atoms with Crippen molar-refractivity contribution in [3.8, 4) is 30.3 Å². The summed E-state index contributed by atoms with van der Waals surface area (Å²) in [7, 11) is 0. The average molecular weight is 424 g/mol. The maximum Gasteiger partial charge on any atom is 0.117 e. The molecule has 8 nitrogen and oxygen atoms in total. The topological polar surface area (TPSA) is 147 Å². The van der Waals surface area contributed by atoms with Crippen molar-refractivity contribution in [3.63, 3.8) is 0 Å². The highest BCUT2D eigenvalue weighted by Crippen LogP contribution is 2.18. The Hall–Kier alpha value is -3.19. The van der Waals surface area contributed by atoms with Crippen LogP contribution >= 0.6 is 0 Å². The van der Waals surface area contributed by atoms with Crippen LogP contribution in [0.3, 0.4) is 0 Å². The van der Waals surface area contributed by atoms with Crippen molar-refractivity contribution >= 4 is 0 Å². The molecule has 164 valence electrons. The fraction of sp³-hybridized carbons (Fsp3) is 0.609. The van der Waals surface area contributed by atoms with Gasteiger partial charge in [0, 0.05) is 25.9 Å². The van der Waals surface area contributed by atoms with E-state index in [9.17, 15) is 0 Å². The molecule has 3 unspecified atom stereocenters. The third-order valence-electron chi connectivity index (χ3n) is 3.94. The summed E-state index contributed by atoms with van der Waals surface area (Å²) in [5.74, 6) is 0. The van der Waals surface area contributed by atoms with Crippen molar-refractivity contribution in [2.24, 2.45) is 0 Å². The normalized spacial score (nSPS) is 13.5. The van der Waals surface area contributed by atoms with Crippen LogP contribution in [0.1, 0.15) is 51.4 Å². The van der Waals surface area contributed by atoms with Crippen LogP contribution in [0.2, 0.25) is 0 Å². The molecule has 0 amide bonds. The van der Waals surface area contributed by atoms with Gasteiger partial charge in [-0.2, -0.15) is 26.3 Å². The van der Waals surface area contributed by atoms with E-state index in [0.717, 1.165) is 0 Å². The van der Waals surface area contributed by atoms with E-state index in [1.54, 1.807) is 6.08 Å². The minimum absolute atomic E-state index is 0.176. The molecule has 0 aliphatic heterocycles. The number of unbranched alkanes of at least 4 members (excludes halogenated alkanes) is 3. The molecule has 0 fully saturated rings. The molecule has 0 saturated carbocycles. The van der Waals surface area contributed by atoms with E-state index in [2.05, 4.69) is 18.2 Å². The quantitative estimate of drug-likeness (QED) is 0.237. The summed E-state index contributed by atoms with van der Waals surface area (Å²) in [5, 5.41) is 44.0. The van der Waals surface area contributed by atoms with Crippen LogP contribution in [0.15, 0.2) is 24.3 Å². The van der Waals surface area contributed by atoms with Gasteiger partial charge in [0.15, 0.2) is 0 Å². The predicted molar refractivity (Wildman–Crippen MR) is 113 cm³/mol. The molecule has 0 rings (SSSR count). The third kappa shape index (κ3) is 15.3. The first-order valence-electron chi connectivity index (χ1n) is 10.3. The van der Waals surface area contributed by atoms with E-state index in [-0.39, 0.29) is 26.1 Å². The Bertz CT molecular complexity index is 731. The zero-order chi connectivity index (χ0) is 23.0. The molecule has 0 aromatic heterocycles. The molecule has 8 heteroatoms. The Labute approximate surface area is 185 Å². The molecule has 0 aromatic carbocycles. The van der Waals surface area contributed by atoms with Crippen molar-refractivity contribution in [2.75, 3.05) is 19.8 Å². The maximum absolute atomic E-state index is 8.88. The standard InChI is InChI=1S/C23H29N5O3/c24-13-5-1-3-11-21(29-18-8-7-15-26)23(31-20-10-17-28)22(30-19-9-16-27)12-4-2-6-14-25/h3-4,11-12,21-23H,1-2,5-10,18-20H2/b11-3+,12-4+. The van der Waals surface area contributed by atoms with Gasteiger partial charge < -0.3 is 14.2 Å². The van der Waals surface area contributed by atoms with E-state index in [1.165, 1.54) is 0 Å². The van der Waals surface area contributed by atoms with Crippen LogP contribution in [-0.4, -0.2) is 38.1 Å². The number of nitrogens with zero attached hydrogens (tertiary/aromatic N) is 5. The average Bonchev–Trinajstić information content (AvgIpc) is 2.78. The van der Waals surface area contributed by atoms with Crippen LogP contribution in [0.5, 0.6) is 0 Å². The number of rotatable bonds is 18. The molecule has 0 spiro atoms. The van der Waals surface area contributed by atoms with E-state index in [0.29, 0.717) is 45.1 Å². The molecular formula is C23H29N5O3. The van der Waals surface area contributed by atoms with Crippen LogP contribution in [0, 0.1) is 56.7 Å². The molecule has 0 aliphatic carbocycles. The Balaban J connectivity index is 5.62. The summed E-state index contributed by atoms with van der Waals surface area (Å²) in [4.78, 5) is 0. The minimum Gasteiger partial charge on any atom is -0.371 e. The number of allylic oxidation sites excluding steroid dienone is 2. The Kier molecular flexibility index (Phi) is 19.3. The lowest BCUT2D eigenvalue weighted by molar-refractivity contribution is -0.110. The highest BCUT2D eigenvalue weighted by atomic mass is 16.6. The van der Waals surface area contributed by atoms with Gasteiger partial charge in [0.1, 0.15) is 18.3 Å². The summed E-state index contributed by atoms with van der Waals surface area (Å²) in [6.45, 7) is 0.707.